The largest absolute Gasteiger partial charge is 0.370 e. The van der Waals surface area contributed by atoms with Crippen LogP contribution in [0, 0.1) is 0 Å². The van der Waals surface area contributed by atoms with E-state index in [9.17, 15) is 4.79 Å². The summed E-state index contributed by atoms with van der Waals surface area (Å²) in [4.78, 5) is 22.3. The molecule has 0 bridgehead atoms. The van der Waals surface area contributed by atoms with Crippen LogP contribution in [0.3, 0.4) is 0 Å². The van der Waals surface area contributed by atoms with Crippen LogP contribution in [0.4, 0.5) is 5.69 Å². The Morgan fingerprint density at radius 2 is 1.90 bits per heavy atom. The Kier molecular flexibility index (Phi) is 5.64. The van der Waals surface area contributed by atoms with Crippen LogP contribution in [-0.2, 0) is 11.8 Å². The number of imidazole rings is 1. The summed E-state index contributed by atoms with van der Waals surface area (Å²) in [6.07, 6.45) is 4.30. The summed E-state index contributed by atoms with van der Waals surface area (Å²) in [6, 6.07) is 16.9. The van der Waals surface area contributed by atoms with Crippen molar-refractivity contribution in [3.63, 3.8) is 0 Å². The van der Waals surface area contributed by atoms with Gasteiger partial charge in [0.25, 0.3) is 0 Å². The Morgan fingerprint density at radius 1 is 1.00 bits per heavy atom. The molecule has 0 unspecified atom stereocenters. The number of amides is 1. The van der Waals surface area contributed by atoms with Gasteiger partial charge in [-0.1, -0.05) is 30.7 Å². The van der Waals surface area contributed by atoms with E-state index >= 15 is 0 Å². The molecule has 1 amide bonds. The maximum atomic E-state index is 12.9. The van der Waals surface area contributed by atoms with Gasteiger partial charge < -0.3 is 19.7 Å². The smallest absolute Gasteiger partial charge is 0.239 e. The van der Waals surface area contributed by atoms with Crippen molar-refractivity contribution in [1.82, 2.24) is 19.8 Å². The van der Waals surface area contributed by atoms with Gasteiger partial charge in [-0.3, -0.25) is 4.79 Å². The molecule has 6 nitrogen and oxygen atoms in total. The normalized spacial score (nSPS) is 20.1. The van der Waals surface area contributed by atoms with Crippen LogP contribution in [0.15, 0.2) is 48.5 Å². The highest BCUT2D eigenvalue weighted by molar-refractivity contribution is 5.82. The van der Waals surface area contributed by atoms with Gasteiger partial charge >= 0.3 is 0 Å². The summed E-state index contributed by atoms with van der Waals surface area (Å²) in [5, 5.41) is 3.41. The average molecular weight is 418 g/mol. The number of nitrogens with zero attached hydrogens (tertiary/aromatic N) is 4. The Labute approximate surface area is 183 Å². The molecule has 2 aliphatic heterocycles. The van der Waals surface area contributed by atoms with Crippen LogP contribution < -0.4 is 10.2 Å². The number of aromatic nitrogens is 2. The van der Waals surface area contributed by atoms with Crippen molar-refractivity contribution in [2.24, 2.45) is 7.05 Å². The SMILES string of the molecule is Cn1c(-c2cccc(N3CCCN(C(=O)[C@H]4CCCCN4)CC3)c2)nc2ccccc21. The zero-order chi connectivity index (χ0) is 21.2. The molecule has 162 valence electrons. The van der Waals surface area contributed by atoms with E-state index in [1.54, 1.807) is 0 Å². The molecule has 2 aromatic carbocycles. The van der Waals surface area contributed by atoms with Gasteiger partial charge in [0.2, 0.25) is 5.91 Å². The zero-order valence-electron chi connectivity index (χ0n) is 18.3. The highest BCUT2D eigenvalue weighted by Crippen LogP contribution is 2.27. The van der Waals surface area contributed by atoms with Gasteiger partial charge in [-0.15, -0.1) is 0 Å². The molecule has 0 spiro atoms. The summed E-state index contributed by atoms with van der Waals surface area (Å²) in [5.74, 6) is 1.27. The van der Waals surface area contributed by atoms with E-state index in [4.69, 9.17) is 4.98 Å². The van der Waals surface area contributed by atoms with Gasteiger partial charge in [0.1, 0.15) is 5.82 Å². The van der Waals surface area contributed by atoms with Crippen LogP contribution in [0.1, 0.15) is 25.7 Å². The molecule has 0 aliphatic carbocycles. The molecule has 1 aromatic heterocycles. The van der Waals surface area contributed by atoms with Crippen LogP contribution >= 0.6 is 0 Å². The number of nitrogens with one attached hydrogen (secondary N) is 1. The quantitative estimate of drug-likeness (QED) is 0.710. The van der Waals surface area contributed by atoms with Crippen LogP contribution in [0.25, 0.3) is 22.4 Å². The van der Waals surface area contributed by atoms with Crippen molar-refractivity contribution in [2.75, 3.05) is 37.6 Å². The van der Waals surface area contributed by atoms with Gasteiger partial charge in [0.05, 0.1) is 17.1 Å². The van der Waals surface area contributed by atoms with Crippen molar-refractivity contribution < 1.29 is 4.79 Å². The Morgan fingerprint density at radius 3 is 2.74 bits per heavy atom. The van der Waals surface area contributed by atoms with Crippen LogP contribution in [0.2, 0.25) is 0 Å². The van der Waals surface area contributed by atoms with Gasteiger partial charge in [0.15, 0.2) is 0 Å². The van der Waals surface area contributed by atoms with Crippen molar-refractivity contribution in [3.05, 3.63) is 48.5 Å². The number of piperidine rings is 1. The van der Waals surface area contributed by atoms with E-state index in [1.165, 1.54) is 12.1 Å². The van der Waals surface area contributed by atoms with Crippen molar-refractivity contribution in [1.29, 1.82) is 0 Å². The fourth-order valence-corrected chi connectivity index (χ4v) is 4.92. The van der Waals surface area contributed by atoms with E-state index in [0.29, 0.717) is 0 Å². The maximum absolute atomic E-state index is 12.9. The van der Waals surface area contributed by atoms with Crippen LogP contribution in [-0.4, -0.2) is 59.1 Å². The molecule has 1 atom stereocenters. The zero-order valence-corrected chi connectivity index (χ0v) is 18.3. The lowest BCUT2D eigenvalue weighted by molar-refractivity contribution is -0.133. The molecule has 2 fully saturated rings. The Bertz CT molecular complexity index is 1070. The second-order valence-corrected chi connectivity index (χ2v) is 8.70. The number of carbonyl (C=O) groups excluding carboxylic acids is 1. The Hall–Kier alpha value is -2.86. The van der Waals surface area contributed by atoms with Crippen molar-refractivity contribution in [2.45, 2.75) is 31.7 Å². The fraction of sp³-hybridized carbons (Fsp3) is 0.440. The molecular formula is C25H31N5O. The predicted octanol–water partition coefficient (Wildman–Crippen LogP) is 3.42. The fourth-order valence-electron chi connectivity index (χ4n) is 4.92. The molecule has 6 heteroatoms. The summed E-state index contributed by atoms with van der Waals surface area (Å²) in [7, 11) is 2.08. The summed E-state index contributed by atoms with van der Waals surface area (Å²) < 4.78 is 2.16. The molecule has 2 aliphatic rings. The second kappa shape index (κ2) is 8.71. The molecule has 0 saturated carbocycles. The third-order valence-electron chi connectivity index (χ3n) is 6.67. The minimum absolute atomic E-state index is 0.0150. The average Bonchev–Trinajstić information content (AvgIpc) is 2.99. The topological polar surface area (TPSA) is 53.4 Å². The highest BCUT2D eigenvalue weighted by Gasteiger charge is 2.27. The first-order chi connectivity index (χ1) is 15.2. The molecule has 31 heavy (non-hydrogen) atoms. The molecule has 0 radical (unpaired) electrons. The molecule has 5 rings (SSSR count). The maximum Gasteiger partial charge on any atom is 0.239 e. The molecule has 1 N–H and O–H groups in total. The van der Waals surface area contributed by atoms with Gasteiger partial charge in [-0.25, -0.2) is 4.98 Å². The predicted molar refractivity (Wildman–Crippen MR) is 125 cm³/mol. The van der Waals surface area contributed by atoms with E-state index in [1.807, 2.05) is 6.07 Å². The summed E-state index contributed by atoms with van der Waals surface area (Å²) in [5.41, 5.74) is 4.49. The number of hydrogen-bond donors (Lipinski definition) is 1. The first kappa shape index (κ1) is 20.1. The molecule has 2 saturated heterocycles. The lowest BCUT2D eigenvalue weighted by Crippen LogP contribution is -2.49. The lowest BCUT2D eigenvalue weighted by atomic mass is 10.0. The molecular weight excluding hydrogens is 386 g/mol. The van der Waals surface area contributed by atoms with Gasteiger partial charge in [-0.05, 0) is 50.1 Å². The van der Waals surface area contributed by atoms with E-state index in [2.05, 4.69) is 69.2 Å². The third kappa shape index (κ3) is 4.04. The highest BCUT2D eigenvalue weighted by atomic mass is 16.2. The third-order valence-corrected chi connectivity index (χ3v) is 6.67. The minimum Gasteiger partial charge on any atom is -0.370 e. The lowest BCUT2D eigenvalue weighted by Gasteiger charge is -2.29. The van der Waals surface area contributed by atoms with Crippen molar-refractivity contribution in [3.8, 4) is 11.4 Å². The summed E-state index contributed by atoms with van der Waals surface area (Å²) >= 11 is 0. The molecule has 3 heterocycles. The Balaban J connectivity index is 1.33. The number of para-hydroxylation sites is 2. The minimum atomic E-state index is 0.0150. The summed E-state index contributed by atoms with van der Waals surface area (Å²) in [6.45, 7) is 4.43. The molecule has 3 aromatic rings. The number of rotatable bonds is 3. The number of anilines is 1. The second-order valence-electron chi connectivity index (χ2n) is 8.70. The van der Waals surface area contributed by atoms with E-state index < -0.39 is 0 Å². The number of carbonyl (C=O) groups is 1. The monoisotopic (exact) mass is 417 g/mol. The number of benzene rings is 2. The van der Waals surface area contributed by atoms with Crippen LogP contribution in [0.5, 0.6) is 0 Å². The standard InChI is InChI=1S/C25H31N5O/c1-28-23-12-3-2-10-21(23)27-24(28)19-8-6-9-20(18-19)29-14-7-15-30(17-16-29)25(31)22-11-4-5-13-26-22/h2-3,6,8-10,12,18,22,26H,4-5,7,11,13-17H2,1H3/t22-/m1/s1. The van der Waals surface area contributed by atoms with E-state index in [0.717, 1.165) is 74.4 Å². The first-order valence-corrected chi connectivity index (χ1v) is 11.5. The first-order valence-electron chi connectivity index (χ1n) is 11.5. The van der Waals surface area contributed by atoms with E-state index in [-0.39, 0.29) is 11.9 Å². The van der Waals surface area contributed by atoms with Gasteiger partial charge in [-0.2, -0.15) is 0 Å². The number of fused-ring (bicyclic) bond motifs is 1. The van der Waals surface area contributed by atoms with Gasteiger partial charge in [0, 0.05) is 44.5 Å². The number of aryl methyl sites for hydroxylation is 1. The van der Waals surface area contributed by atoms with Crippen molar-refractivity contribution >= 4 is 22.6 Å². The number of hydrogen-bond acceptors (Lipinski definition) is 4.